The number of nitrogens with two attached hydrogens (primary N) is 1. The van der Waals surface area contributed by atoms with Gasteiger partial charge in [-0.15, -0.1) is 11.3 Å². The topological polar surface area (TPSA) is 93.3 Å². The van der Waals surface area contributed by atoms with E-state index in [9.17, 15) is 4.79 Å². The summed E-state index contributed by atoms with van der Waals surface area (Å²) in [6.07, 6.45) is 3.25. The molecule has 1 aromatic carbocycles. The summed E-state index contributed by atoms with van der Waals surface area (Å²) < 4.78 is 0.975. The third-order valence-corrected chi connectivity index (χ3v) is 3.73. The lowest BCUT2D eigenvalue weighted by Crippen LogP contribution is -2.25. The zero-order valence-electron chi connectivity index (χ0n) is 10.9. The maximum atomic E-state index is 11.6. The van der Waals surface area contributed by atoms with E-state index >= 15 is 0 Å². The zero-order valence-corrected chi connectivity index (χ0v) is 11.7. The molecule has 1 amide bonds. The van der Waals surface area contributed by atoms with Gasteiger partial charge in [0.05, 0.1) is 22.1 Å². The lowest BCUT2D eigenvalue weighted by atomic mass is 10.3. The van der Waals surface area contributed by atoms with Crippen LogP contribution >= 0.6 is 11.3 Å². The number of anilines is 1. The summed E-state index contributed by atoms with van der Waals surface area (Å²) in [5.74, 6) is -0.634. The third kappa shape index (κ3) is 2.87. The molecule has 0 aliphatic heterocycles. The summed E-state index contributed by atoms with van der Waals surface area (Å²) >= 11 is 1.37. The number of nitrogens with one attached hydrogen (secondary N) is 1. The molecule has 3 N–H and O–H groups in total. The van der Waals surface area contributed by atoms with Gasteiger partial charge in [-0.3, -0.25) is 15.2 Å². The molecule has 0 radical (unpaired) electrons. The highest BCUT2D eigenvalue weighted by Crippen LogP contribution is 2.22. The fraction of sp³-hybridized carbons (Fsp3) is 0. The number of carbonyl (C=O) groups is 1. The van der Waals surface area contributed by atoms with Crippen molar-refractivity contribution in [1.82, 2.24) is 9.97 Å². The number of carbonyl (C=O) groups excluding carboxylic acids is 1. The molecule has 0 aliphatic carbocycles. The second-order valence-electron chi connectivity index (χ2n) is 4.16. The molecule has 0 saturated heterocycles. The average molecular weight is 297 g/mol. The van der Waals surface area contributed by atoms with E-state index in [1.165, 1.54) is 11.3 Å². The van der Waals surface area contributed by atoms with Crippen LogP contribution in [0.2, 0.25) is 0 Å². The molecule has 0 saturated carbocycles. The summed E-state index contributed by atoms with van der Waals surface area (Å²) in [5, 5.41) is 4.55. The Bertz CT molecular complexity index is 779. The fourth-order valence-electron chi connectivity index (χ4n) is 1.73. The van der Waals surface area contributed by atoms with E-state index in [4.69, 9.17) is 5.73 Å². The zero-order chi connectivity index (χ0) is 14.7. The van der Waals surface area contributed by atoms with Gasteiger partial charge >= 0.3 is 0 Å². The first-order valence-corrected chi connectivity index (χ1v) is 6.95. The van der Waals surface area contributed by atoms with E-state index in [1.807, 2.05) is 24.3 Å². The summed E-state index contributed by atoms with van der Waals surface area (Å²) in [5.41, 5.74) is 9.73. The number of hydrazone groups is 1. The lowest BCUT2D eigenvalue weighted by molar-refractivity contribution is -0.111. The molecule has 2 aromatic heterocycles. The van der Waals surface area contributed by atoms with Crippen molar-refractivity contribution in [1.29, 1.82) is 0 Å². The van der Waals surface area contributed by atoms with Gasteiger partial charge in [0.25, 0.3) is 5.91 Å². The Hall–Kier alpha value is -2.80. The third-order valence-electron chi connectivity index (χ3n) is 2.69. The van der Waals surface area contributed by atoms with Crippen molar-refractivity contribution in [3.8, 4) is 0 Å². The van der Waals surface area contributed by atoms with E-state index in [2.05, 4.69) is 20.5 Å². The van der Waals surface area contributed by atoms with Crippen LogP contribution in [0.25, 0.3) is 10.2 Å². The molecule has 3 rings (SSSR count). The van der Waals surface area contributed by atoms with E-state index < -0.39 is 5.91 Å². The van der Waals surface area contributed by atoms with Crippen molar-refractivity contribution in [2.75, 3.05) is 5.43 Å². The molecule has 0 bridgehead atoms. The molecule has 0 aliphatic rings. The highest BCUT2D eigenvalue weighted by atomic mass is 32.1. The van der Waals surface area contributed by atoms with Gasteiger partial charge in [-0.1, -0.05) is 12.1 Å². The van der Waals surface area contributed by atoms with Crippen molar-refractivity contribution < 1.29 is 4.79 Å². The second-order valence-corrected chi connectivity index (χ2v) is 5.20. The first-order chi connectivity index (χ1) is 10.2. The molecular formula is C14H11N5OS. The van der Waals surface area contributed by atoms with Crippen LogP contribution in [0.1, 0.15) is 5.01 Å². The van der Waals surface area contributed by atoms with Crippen LogP contribution in [0.15, 0.2) is 53.9 Å². The SMILES string of the molecule is NC(=O)/C(=N\Nc1cccnc1)c1nc2ccccc2s1. The van der Waals surface area contributed by atoms with E-state index in [0.717, 1.165) is 10.2 Å². The first-order valence-electron chi connectivity index (χ1n) is 6.13. The molecular weight excluding hydrogens is 286 g/mol. The van der Waals surface area contributed by atoms with Gasteiger partial charge in [0.1, 0.15) is 0 Å². The minimum absolute atomic E-state index is 0.0973. The van der Waals surface area contributed by atoms with Crippen LogP contribution in [0.4, 0.5) is 5.69 Å². The summed E-state index contributed by atoms with van der Waals surface area (Å²) in [6, 6.07) is 11.2. The number of fused-ring (bicyclic) bond motifs is 1. The van der Waals surface area contributed by atoms with Crippen molar-refractivity contribution in [2.45, 2.75) is 0 Å². The van der Waals surface area contributed by atoms with Gasteiger partial charge in [0.15, 0.2) is 10.7 Å². The Morgan fingerprint density at radius 1 is 1.24 bits per heavy atom. The van der Waals surface area contributed by atoms with Crippen molar-refractivity contribution >= 4 is 38.9 Å². The van der Waals surface area contributed by atoms with Crippen LogP contribution in [0, 0.1) is 0 Å². The Morgan fingerprint density at radius 2 is 2.10 bits per heavy atom. The van der Waals surface area contributed by atoms with Crippen LogP contribution in [-0.2, 0) is 4.79 Å². The number of rotatable bonds is 4. The second kappa shape index (κ2) is 5.68. The van der Waals surface area contributed by atoms with E-state index in [0.29, 0.717) is 10.7 Å². The smallest absolute Gasteiger partial charge is 0.272 e. The monoisotopic (exact) mass is 297 g/mol. The summed E-state index contributed by atoms with van der Waals surface area (Å²) in [7, 11) is 0. The predicted molar refractivity (Wildman–Crippen MR) is 83.2 cm³/mol. The minimum Gasteiger partial charge on any atom is -0.364 e. The summed E-state index contributed by atoms with van der Waals surface area (Å²) in [4.78, 5) is 19.9. The van der Waals surface area contributed by atoms with Gasteiger partial charge < -0.3 is 5.73 Å². The van der Waals surface area contributed by atoms with Crippen LogP contribution in [0.3, 0.4) is 0 Å². The quantitative estimate of drug-likeness (QED) is 0.569. The average Bonchev–Trinajstić information content (AvgIpc) is 2.91. The standard InChI is InChI=1S/C14H11N5OS/c15-13(20)12(19-18-9-4-3-7-16-8-9)14-17-10-5-1-2-6-11(10)21-14/h1-8,18H,(H2,15,20)/b19-12+. The molecule has 0 unspecified atom stereocenters. The van der Waals surface area contributed by atoms with Crippen molar-refractivity contribution in [3.63, 3.8) is 0 Å². The van der Waals surface area contributed by atoms with Crippen LogP contribution in [0.5, 0.6) is 0 Å². The fourth-order valence-corrected chi connectivity index (χ4v) is 2.69. The van der Waals surface area contributed by atoms with Crippen LogP contribution in [-0.4, -0.2) is 21.6 Å². The predicted octanol–water partition coefficient (Wildman–Crippen LogP) is 1.99. The highest BCUT2D eigenvalue weighted by molar-refractivity contribution is 7.21. The Balaban J connectivity index is 1.96. The Morgan fingerprint density at radius 3 is 2.81 bits per heavy atom. The Labute approximate surface area is 124 Å². The highest BCUT2D eigenvalue weighted by Gasteiger charge is 2.15. The number of nitrogens with zero attached hydrogens (tertiary/aromatic N) is 3. The number of primary amides is 1. The molecule has 0 atom stereocenters. The normalized spacial score (nSPS) is 11.5. The van der Waals surface area contributed by atoms with Gasteiger partial charge in [-0.25, -0.2) is 4.98 Å². The Kier molecular flexibility index (Phi) is 3.57. The van der Waals surface area contributed by atoms with Crippen LogP contribution < -0.4 is 11.2 Å². The molecule has 0 fully saturated rings. The molecule has 6 nitrogen and oxygen atoms in total. The van der Waals surface area contributed by atoms with Gasteiger partial charge in [0.2, 0.25) is 0 Å². The molecule has 7 heteroatoms. The number of hydrogen-bond donors (Lipinski definition) is 2. The molecule has 0 spiro atoms. The minimum atomic E-state index is -0.634. The number of hydrogen-bond acceptors (Lipinski definition) is 6. The van der Waals surface area contributed by atoms with Crippen molar-refractivity contribution in [3.05, 3.63) is 53.8 Å². The molecule has 2 heterocycles. The van der Waals surface area contributed by atoms with Gasteiger partial charge in [0, 0.05) is 6.20 Å². The molecule has 21 heavy (non-hydrogen) atoms. The first kappa shape index (κ1) is 13.2. The number of pyridine rings is 1. The lowest BCUT2D eigenvalue weighted by Gasteiger charge is -2.01. The number of thiazole rings is 1. The molecule has 3 aromatic rings. The van der Waals surface area contributed by atoms with E-state index in [-0.39, 0.29) is 5.71 Å². The number of amides is 1. The molecule has 104 valence electrons. The largest absolute Gasteiger partial charge is 0.364 e. The van der Waals surface area contributed by atoms with Gasteiger partial charge in [-0.2, -0.15) is 5.10 Å². The maximum Gasteiger partial charge on any atom is 0.272 e. The number of aromatic nitrogens is 2. The van der Waals surface area contributed by atoms with E-state index in [1.54, 1.807) is 24.5 Å². The van der Waals surface area contributed by atoms with Crippen molar-refractivity contribution in [2.24, 2.45) is 10.8 Å². The van der Waals surface area contributed by atoms with Gasteiger partial charge in [-0.05, 0) is 24.3 Å². The summed E-state index contributed by atoms with van der Waals surface area (Å²) in [6.45, 7) is 0. The number of benzene rings is 1. The maximum absolute atomic E-state index is 11.6. The number of para-hydroxylation sites is 1.